The molecule has 0 saturated carbocycles. The van der Waals surface area contributed by atoms with Gasteiger partial charge in [-0.3, -0.25) is 19.3 Å². The van der Waals surface area contributed by atoms with Crippen LogP contribution in [0.3, 0.4) is 0 Å². The lowest BCUT2D eigenvalue weighted by atomic mass is 10.0. The van der Waals surface area contributed by atoms with Gasteiger partial charge in [0, 0.05) is 45.0 Å². The molecule has 1 aromatic rings. The minimum atomic E-state index is -0.480. The topological polar surface area (TPSA) is 105 Å². The summed E-state index contributed by atoms with van der Waals surface area (Å²) in [6.45, 7) is 1.71. The highest BCUT2D eigenvalue weighted by atomic mass is 16.5. The van der Waals surface area contributed by atoms with Crippen LogP contribution in [0.1, 0.15) is 50.3 Å². The SMILES string of the molecule is COCCCN1C(=O)c2ccc(C(=O)N3CCC(NC(=O)OC)CC3)cc2C1=O. The van der Waals surface area contributed by atoms with Crippen molar-refractivity contribution in [2.24, 2.45) is 0 Å². The maximum atomic E-state index is 12.9. The highest BCUT2D eigenvalue weighted by molar-refractivity contribution is 6.22. The number of rotatable bonds is 6. The maximum Gasteiger partial charge on any atom is 0.407 e. The largest absolute Gasteiger partial charge is 0.453 e. The number of imide groups is 1. The first-order chi connectivity index (χ1) is 14.0. The zero-order valence-electron chi connectivity index (χ0n) is 16.6. The van der Waals surface area contributed by atoms with Gasteiger partial charge in [-0.1, -0.05) is 0 Å². The van der Waals surface area contributed by atoms with Gasteiger partial charge in [-0.2, -0.15) is 0 Å². The minimum absolute atomic E-state index is 0.0358. The third-order valence-corrected chi connectivity index (χ3v) is 5.24. The number of fused-ring (bicyclic) bond motifs is 1. The first kappa shape index (κ1) is 20.8. The molecule has 0 radical (unpaired) electrons. The Bertz CT molecular complexity index is 816. The molecule has 3 rings (SSSR count). The molecule has 1 saturated heterocycles. The number of benzene rings is 1. The minimum Gasteiger partial charge on any atom is -0.453 e. The van der Waals surface area contributed by atoms with Gasteiger partial charge < -0.3 is 19.7 Å². The fraction of sp³-hybridized carbons (Fsp3) is 0.500. The Morgan fingerprint density at radius 3 is 2.45 bits per heavy atom. The maximum absolute atomic E-state index is 12.9. The number of nitrogens with one attached hydrogen (secondary N) is 1. The number of hydrogen-bond acceptors (Lipinski definition) is 6. The normalized spacial score (nSPS) is 16.8. The second-order valence-electron chi connectivity index (χ2n) is 7.07. The molecule has 2 aliphatic heterocycles. The third kappa shape index (κ3) is 4.40. The smallest absolute Gasteiger partial charge is 0.407 e. The second kappa shape index (κ2) is 9.04. The van der Waals surface area contributed by atoms with E-state index < -0.39 is 6.09 Å². The number of hydrogen-bond donors (Lipinski definition) is 1. The van der Waals surface area contributed by atoms with E-state index in [1.165, 1.54) is 18.1 Å². The van der Waals surface area contributed by atoms with Gasteiger partial charge >= 0.3 is 6.09 Å². The summed E-state index contributed by atoms with van der Waals surface area (Å²) in [6.07, 6.45) is 1.32. The van der Waals surface area contributed by atoms with Crippen LogP contribution >= 0.6 is 0 Å². The molecular weight excluding hydrogens is 378 g/mol. The lowest BCUT2D eigenvalue weighted by Crippen LogP contribution is -2.46. The molecule has 29 heavy (non-hydrogen) atoms. The quantitative estimate of drug-likeness (QED) is 0.567. The predicted molar refractivity (Wildman–Crippen MR) is 103 cm³/mol. The van der Waals surface area contributed by atoms with Crippen molar-refractivity contribution in [3.05, 3.63) is 34.9 Å². The molecule has 9 nitrogen and oxygen atoms in total. The van der Waals surface area contributed by atoms with Crippen LogP contribution in [-0.2, 0) is 9.47 Å². The Labute approximate surface area is 168 Å². The standard InChI is InChI=1S/C20H25N3O6/c1-28-11-3-8-23-18(25)15-5-4-13(12-16(15)19(23)26)17(24)22-9-6-14(7-10-22)21-20(27)29-2/h4-5,12,14H,3,6-11H2,1-2H3,(H,21,27). The predicted octanol–water partition coefficient (Wildman–Crippen LogP) is 1.28. The van der Waals surface area contributed by atoms with E-state index in [9.17, 15) is 19.2 Å². The average Bonchev–Trinajstić information content (AvgIpc) is 2.98. The summed E-state index contributed by atoms with van der Waals surface area (Å²) in [5.74, 6) is -0.908. The Balaban J connectivity index is 1.65. The van der Waals surface area contributed by atoms with Crippen molar-refractivity contribution in [2.45, 2.75) is 25.3 Å². The molecule has 0 atom stereocenters. The van der Waals surface area contributed by atoms with Gasteiger partial charge in [0.2, 0.25) is 0 Å². The summed E-state index contributed by atoms with van der Waals surface area (Å²) in [7, 11) is 2.88. The number of nitrogens with zero attached hydrogens (tertiary/aromatic N) is 2. The van der Waals surface area contributed by atoms with Gasteiger partial charge in [0.1, 0.15) is 0 Å². The van der Waals surface area contributed by atoms with Crippen LogP contribution < -0.4 is 5.32 Å². The van der Waals surface area contributed by atoms with E-state index in [-0.39, 0.29) is 35.9 Å². The molecule has 9 heteroatoms. The zero-order valence-corrected chi connectivity index (χ0v) is 16.6. The van der Waals surface area contributed by atoms with E-state index in [1.54, 1.807) is 24.1 Å². The number of piperidine rings is 1. The average molecular weight is 403 g/mol. The van der Waals surface area contributed by atoms with Crippen molar-refractivity contribution in [2.75, 3.05) is 40.5 Å². The summed E-state index contributed by atoms with van der Waals surface area (Å²) >= 11 is 0. The van der Waals surface area contributed by atoms with Crippen LogP contribution in [0.15, 0.2) is 18.2 Å². The summed E-state index contributed by atoms with van der Waals surface area (Å²) in [5, 5.41) is 2.74. The molecule has 2 aliphatic rings. The number of amides is 4. The molecule has 0 unspecified atom stereocenters. The van der Waals surface area contributed by atoms with Crippen molar-refractivity contribution < 1.29 is 28.7 Å². The molecule has 156 valence electrons. The van der Waals surface area contributed by atoms with Gasteiger partial charge in [0.15, 0.2) is 0 Å². The number of carbonyl (C=O) groups excluding carboxylic acids is 4. The van der Waals surface area contributed by atoms with Crippen LogP contribution in [0.5, 0.6) is 0 Å². The molecule has 0 bridgehead atoms. The van der Waals surface area contributed by atoms with E-state index >= 15 is 0 Å². The molecule has 1 N–H and O–H groups in total. The van der Waals surface area contributed by atoms with Crippen LogP contribution in [-0.4, -0.2) is 80.1 Å². The van der Waals surface area contributed by atoms with Crippen LogP contribution in [0.2, 0.25) is 0 Å². The number of methoxy groups -OCH3 is 2. The first-order valence-corrected chi connectivity index (χ1v) is 9.59. The number of likely N-dealkylation sites (tertiary alicyclic amines) is 1. The van der Waals surface area contributed by atoms with Gasteiger partial charge in [-0.25, -0.2) is 4.79 Å². The lowest BCUT2D eigenvalue weighted by Gasteiger charge is -2.32. The van der Waals surface area contributed by atoms with Gasteiger partial charge in [-0.05, 0) is 37.5 Å². The molecule has 2 heterocycles. The van der Waals surface area contributed by atoms with Crippen molar-refractivity contribution in [1.82, 2.24) is 15.1 Å². The summed E-state index contributed by atoms with van der Waals surface area (Å²) < 4.78 is 9.57. The Morgan fingerprint density at radius 2 is 1.79 bits per heavy atom. The molecule has 0 aliphatic carbocycles. The van der Waals surface area contributed by atoms with E-state index in [4.69, 9.17) is 4.74 Å². The summed E-state index contributed by atoms with van der Waals surface area (Å²) in [5.41, 5.74) is 0.966. The fourth-order valence-corrected chi connectivity index (χ4v) is 3.63. The van der Waals surface area contributed by atoms with Gasteiger partial charge in [-0.15, -0.1) is 0 Å². The van der Waals surface area contributed by atoms with Crippen molar-refractivity contribution in [1.29, 1.82) is 0 Å². The fourth-order valence-electron chi connectivity index (χ4n) is 3.63. The molecule has 1 fully saturated rings. The summed E-state index contributed by atoms with van der Waals surface area (Å²) in [6, 6.07) is 4.60. The van der Waals surface area contributed by atoms with Gasteiger partial charge in [0.25, 0.3) is 17.7 Å². The van der Waals surface area contributed by atoms with Gasteiger partial charge in [0.05, 0.1) is 18.2 Å². The van der Waals surface area contributed by atoms with Crippen molar-refractivity contribution in [3.8, 4) is 0 Å². The Morgan fingerprint density at radius 1 is 1.10 bits per heavy atom. The van der Waals surface area contributed by atoms with Crippen LogP contribution in [0.4, 0.5) is 4.79 Å². The Kier molecular flexibility index (Phi) is 6.48. The van der Waals surface area contributed by atoms with E-state index in [0.29, 0.717) is 50.1 Å². The Hall–Kier alpha value is -2.94. The van der Waals surface area contributed by atoms with Crippen LogP contribution in [0.25, 0.3) is 0 Å². The van der Waals surface area contributed by atoms with Crippen molar-refractivity contribution >= 4 is 23.8 Å². The number of alkyl carbamates (subject to hydrolysis) is 1. The molecule has 4 amide bonds. The third-order valence-electron chi connectivity index (χ3n) is 5.24. The van der Waals surface area contributed by atoms with Crippen LogP contribution in [0, 0.1) is 0 Å². The second-order valence-corrected chi connectivity index (χ2v) is 7.07. The zero-order chi connectivity index (χ0) is 21.0. The molecule has 0 spiro atoms. The lowest BCUT2D eigenvalue weighted by molar-refractivity contribution is 0.0637. The molecule has 1 aromatic carbocycles. The van der Waals surface area contributed by atoms with E-state index in [1.807, 2.05) is 0 Å². The highest BCUT2D eigenvalue weighted by Gasteiger charge is 2.36. The van der Waals surface area contributed by atoms with Crippen molar-refractivity contribution in [3.63, 3.8) is 0 Å². The van der Waals surface area contributed by atoms with E-state index in [0.717, 1.165) is 0 Å². The molecule has 0 aromatic heterocycles. The number of ether oxygens (including phenoxy) is 2. The van der Waals surface area contributed by atoms with E-state index in [2.05, 4.69) is 10.1 Å². The first-order valence-electron chi connectivity index (χ1n) is 9.59. The molecular formula is C20H25N3O6. The number of carbonyl (C=O) groups is 4. The summed E-state index contributed by atoms with van der Waals surface area (Å²) in [4.78, 5) is 52.1. The highest BCUT2D eigenvalue weighted by Crippen LogP contribution is 2.25. The monoisotopic (exact) mass is 403 g/mol.